The quantitative estimate of drug-likeness (QED) is 0.801. The molecule has 0 atom stereocenters. The molecule has 1 aromatic rings. The van der Waals surface area contributed by atoms with E-state index in [1.165, 1.54) is 31.2 Å². The van der Waals surface area contributed by atoms with Crippen molar-refractivity contribution in [3.8, 4) is 0 Å². The van der Waals surface area contributed by atoms with Crippen LogP contribution in [-0.4, -0.2) is 37.2 Å². The van der Waals surface area contributed by atoms with Gasteiger partial charge in [-0.15, -0.1) is 0 Å². The summed E-state index contributed by atoms with van der Waals surface area (Å²) in [6.45, 7) is 6.32. The fourth-order valence-electron chi connectivity index (χ4n) is 1.44. The van der Waals surface area contributed by atoms with Crippen LogP contribution in [0.15, 0.2) is 29.2 Å². The lowest BCUT2D eigenvalue weighted by molar-refractivity contribution is 0.0420. The Morgan fingerprint density at radius 2 is 1.57 bits per heavy atom. The van der Waals surface area contributed by atoms with Crippen molar-refractivity contribution >= 4 is 21.9 Å². The van der Waals surface area contributed by atoms with Gasteiger partial charge in [-0.05, 0) is 39.8 Å². The Bertz CT molecular complexity index is 641. The van der Waals surface area contributed by atoms with E-state index in [0.29, 0.717) is 9.87 Å². The van der Waals surface area contributed by atoms with Gasteiger partial charge >= 0.3 is 6.09 Å². The maximum Gasteiger partial charge on any atom is 0.424 e. The second-order valence-corrected chi connectivity index (χ2v) is 7.50. The number of ketones is 1. The van der Waals surface area contributed by atoms with Gasteiger partial charge in [-0.25, -0.2) is 17.5 Å². The Labute approximate surface area is 124 Å². The van der Waals surface area contributed by atoms with Gasteiger partial charge in [-0.2, -0.15) is 0 Å². The van der Waals surface area contributed by atoms with E-state index in [2.05, 4.69) is 0 Å². The topological polar surface area (TPSA) is 80.8 Å². The molecule has 0 spiro atoms. The van der Waals surface area contributed by atoms with E-state index in [4.69, 9.17) is 4.74 Å². The van der Waals surface area contributed by atoms with E-state index >= 15 is 0 Å². The number of Topliss-reactive ketones (excluding diaryl/α,β-unsaturated/α-hetero) is 1. The van der Waals surface area contributed by atoms with E-state index in [1.54, 1.807) is 20.8 Å². The summed E-state index contributed by atoms with van der Waals surface area (Å²) in [5.74, 6) is -0.167. The van der Waals surface area contributed by atoms with Crippen LogP contribution < -0.4 is 0 Å². The first kappa shape index (κ1) is 17.2. The third-order valence-corrected chi connectivity index (χ3v) is 4.31. The monoisotopic (exact) mass is 313 g/mol. The first-order chi connectivity index (χ1) is 9.45. The number of nitrogens with zero attached hydrogens (tertiary/aromatic N) is 1. The molecule has 6 nitrogen and oxygen atoms in total. The molecule has 1 aromatic carbocycles. The first-order valence-corrected chi connectivity index (χ1v) is 7.72. The summed E-state index contributed by atoms with van der Waals surface area (Å²) in [6, 6.07) is 5.37. The molecular weight excluding hydrogens is 294 g/mol. The highest BCUT2D eigenvalue weighted by molar-refractivity contribution is 7.89. The van der Waals surface area contributed by atoms with Crippen LogP contribution in [0.5, 0.6) is 0 Å². The summed E-state index contributed by atoms with van der Waals surface area (Å²) in [6.07, 6.45) is -0.960. The highest BCUT2D eigenvalue weighted by Crippen LogP contribution is 2.18. The van der Waals surface area contributed by atoms with Crippen LogP contribution in [0, 0.1) is 0 Å². The van der Waals surface area contributed by atoms with E-state index in [-0.39, 0.29) is 10.7 Å². The van der Waals surface area contributed by atoms with Gasteiger partial charge in [0.15, 0.2) is 5.78 Å². The second kappa shape index (κ2) is 5.85. The number of ether oxygens (including phenoxy) is 1. The number of hydrogen-bond acceptors (Lipinski definition) is 5. The van der Waals surface area contributed by atoms with Gasteiger partial charge in [-0.3, -0.25) is 4.79 Å². The van der Waals surface area contributed by atoms with Crippen LogP contribution in [-0.2, 0) is 14.8 Å². The fourth-order valence-corrected chi connectivity index (χ4v) is 2.47. The summed E-state index contributed by atoms with van der Waals surface area (Å²) in [7, 11) is -2.88. The Kier molecular flexibility index (Phi) is 4.78. The molecule has 0 saturated carbocycles. The van der Waals surface area contributed by atoms with Crippen molar-refractivity contribution in [1.82, 2.24) is 4.31 Å². The van der Waals surface area contributed by atoms with Gasteiger partial charge < -0.3 is 4.74 Å². The molecule has 0 unspecified atom stereocenters. The van der Waals surface area contributed by atoms with Gasteiger partial charge in [0.25, 0.3) is 10.0 Å². The van der Waals surface area contributed by atoms with Gasteiger partial charge in [0, 0.05) is 12.6 Å². The number of benzene rings is 1. The zero-order chi connectivity index (χ0) is 16.4. The minimum absolute atomic E-state index is 0.0825. The van der Waals surface area contributed by atoms with Crippen molar-refractivity contribution in [2.24, 2.45) is 0 Å². The molecule has 1 amide bonds. The molecule has 0 fully saturated rings. The Balaban J connectivity index is 3.04. The number of hydrogen-bond donors (Lipinski definition) is 0. The van der Waals surface area contributed by atoms with Gasteiger partial charge in [0.2, 0.25) is 0 Å². The smallest absolute Gasteiger partial charge is 0.424 e. The first-order valence-electron chi connectivity index (χ1n) is 6.28. The number of rotatable bonds is 3. The van der Waals surface area contributed by atoms with Gasteiger partial charge in [0.05, 0.1) is 4.90 Å². The molecule has 116 valence electrons. The van der Waals surface area contributed by atoms with Crippen LogP contribution in [0.2, 0.25) is 0 Å². The van der Waals surface area contributed by atoms with Gasteiger partial charge in [0.1, 0.15) is 5.60 Å². The molecule has 0 heterocycles. The SMILES string of the molecule is CC(=O)c1ccc(S(=O)(=O)N(C)C(=O)OC(C)(C)C)cc1. The number of sulfonamides is 1. The molecule has 0 aliphatic carbocycles. The van der Waals surface area contributed by atoms with Crippen molar-refractivity contribution in [3.63, 3.8) is 0 Å². The van der Waals surface area contributed by atoms with Crippen molar-refractivity contribution in [2.45, 2.75) is 38.2 Å². The molecule has 7 heteroatoms. The molecule has 0 aromatic heterocycles. The Hall–Kier alpha value is -1.89. The zero-order valence-electron chi connectivity index (χ0n) is 12.7. The maximum atomic E-state index is 12.3. The average Bonchev–Trinajstić information content (AvgIpc) is 2.35. The predicted molar refractivity (Wildman–Crippen MR) is 77.6 cm³/mol. The summed E-state index contributed by atoms with van der Waals surface area (Å²) in [5, 5.41) is 0. The van der Waals surface area contributed by atoms with Crippen LogP contribution in [0.4, 0.5) is 4.79 Å². The predicted octanol–water partition coefficient (Wildman–Crippen LogP) is 2.44. The number of amides is 1. The summed E-state index contributed by atoms with van der Waals surface area (Å²) < 4.78 is 30.1. The molecule has 0 saturated heterocycles. The lowest BCUT2D eigenvalue weighted by Gasteiger charge is -2.24. The van der Waals surface area contributed by atoms with E-state index < -0.39 is 21.7 Å². The molecule has 0 aliphatic rings. The van der Waals surface area contributed by atoms with Crippen LogP contribution >= 0.6 is 0 Å². The molecule has 0 radical (unpaired) electrons. The average molecular weight is 313 g/mol. The van der Waals surface area contributed by atoms with E-state index in [9.17, 15) is 18.0 Å². The molecule has 0 bridgehead atoms. The molecule has 1 rings (SSSR count). The normalized spacial score (nSPS) is 11.9. The largest absolute Gasteiger partial charge is 0.443 e. The third-order valence-electron chi connectivity index (χ3n) is 2.57. The number of carbonyl (C=O) groups is 2. The van der Waals surface area contributed by atoms with Crippen LogP contribution in [0.25, 0.3) is 0 Å². The lowest BCUT2D eigenvalue weighted by atomic mass is 10.2. The standard InChI is InChI=1S/C14H19NO5S/c1-10(16)11-6-8-12(9-7-11)21(18,19)15(5)13(17)20-14(2,3)4/h6-9H,1-5H3. The van der Waals surface area contributed by atoms with Crippen molar-refractivity contribution in [2.75, 3.05) is 7.05 Å². The maximum absolute atomic E-state index is 12.3. The minimum atomic E-state index is -4.01. The number of carbonyl (C=O) groups excluding carboxylic acids is 2. The van der Waals surface area contributed by atoms with Crippen LogP contribution in [0.3, 0.4) is 0 Å². The zero-order valence-corrected chi connectivity index (χ0v) is 13.5. The molecule has 0 aliphatic heterocycles. The minimum Gasteiger partial charge on any atom is -0.443 e. The Morgan fingerprint density at radius 1 is 1.10 bits per heavy atom. The summed E-state index contributed by atoms with van der Waals surface area (Å²) in [5.41, 5.74) is -0.395. The fraction of sp³-hybridized carbons (Fsp3) is 0.429. The summed E-state index contributed by atoms with van der Waals surface area (Å²) in [4.78, 5) is 22.9. The lowest BCUT2D eigenvalue weighted by Crippen LogP contribution is -2.38. The summed E-state index contributed by atoms with van der Waals surface area (Å²) >= 11 is 0. The van der Waals surface area contributed by atoms with Crippen molar-refractivity contribution in [3.05, 3.63) is 29.8 Å². The highest BCUT2D eigenvalue weighted by atomic mass is 32.2. The second-order valence-electron chi connectivity index (χ2n) is 5.53. The van der Waals surface area contributed by atoms with E-state index in [0.717, 1.165) is 7.05 Å². The van der Waals surface area contributed by atoms with Crippen LogP contribution in [0.1, 0.15) is 38.1 Å². The third kappa shape index (κ3) is 4.29. The highest BCUT2D eigenvalue weighted by Gasteiger charge is 2.29. The molecule has 0 N–H and O–H groups in total. The molecular formula is C14H19NO5S. The molecule has 21 heavy (non-hydrogen) atoms. The van der Waals surface area contributed by atoms with Gasteiger partial charge in [-0.1, -0.05) is 12.1 Å². The van der Waals surface area contributed by atoms with Crippen molar-refractivity contribution in [1.29, 1.82) is 0 Å². The van der Waals surface area contributed by atoms with Crippen molar-refractivity contribution < 1.29 is 22.7 Å². The van der Waals surface area contributed by atoms with E-state index in [1.807, 2.05) is 0 Å². The Morgan fingerprint density at radius 3 is 1.95 bits per heavy atom.